The van der Waals surface area contributed by atoms with Crippen molar-refractivity contribution in [3.8, 4) is 0 Å². The van der Waals surface area contributed by atoms with E-state index in [0.717, 1.165) is 5.69 Å². The minimum absolute atomic E-state index is 0.0239. The normalized spacial score (nSPS) is 17.8. The van der Waals surface area contributed by atoms with E-state index >= 15 is 0 Å². The third-order valence-corrected chi connectivity index (χ3v) is 7.01. The van der Waals surface area contributed by atoms with E-state index in [1.165, 1.54) is 16.2 Å². The topological polar surface area (TPSA) is 100 Å². The highest BCUT2D eigenvalue weighted by Crippen LogP contribution is 2.35. The maximum absolute atomic E-state index is 12.7. The zero-order valence-electron chi connectivity index (χ0n) is 19.1. The lowest BCUT2D eigenvalue weighted by Gasteiger charge is -2.29. The molecule has 9 nitrogen and oxygen atoms in total. The van der Waals surface area contributed by atoms with Gasteiger partial charge in [-0.15, -0.1) is 11.3 Å². The van der Waals surface area contributed by atoms with Crippen molar-refractivity contribution in [1.82, 2.24) is 5.32 Å². The number of nitrogens with zero attached hydrogens (tertiary/aromatic N) is 2. The van der Waals surface area contributed by atoms with Crippen molar-refractivity contribution in [2.24, 2.45) is 0 Å². The first-order chi connectivity index (χ1) is 17.5. The number of carbonyl (C=O) groups excluding carboxylic acids is 3. The minimum Gasteiger partial charge on any atom is -0.442 e. The second-order valence-electron chi connectivity index (χ2n) is 8.22. The Morgan fingerprint density at radius 3 is 2.67 bits per heavy atom. The average molecular weight is 527 g/mol. The molecule has 2 aliphatic heterocycles. The number of para-hydroxylation sites is 1. The molecule has 1 atom stereocenters. The van der Waals surface area contributed by atoms with E-state index < -0.39 is 12.2 Å². The first-order valence-corrected chi connectivity index (χ1v) is 12.5. The monoisotopic (exact) mass is 526 g/mol. The van der Waals surface area contributed by atoms with Crippen LogP contribution < -0.4 is 20.4 Å². The summed E-state index contributed by atoms with van der Waals surface area (Å²) >= 11 is 7.08. The standard InChI is InChI=1S/C25H23ClN4O5S/c26-22-9-8-21(36-22)24(32)27-13-18-14-30(25(33)35-18)17-6-7-20(29-10-11-34-15-23(29)31)19(12-17)28-16-4-2-1-3-5-16/h1-9,12,18,28H,10-11,13-15H2,(H,27,32). The van der Waals surface area contributed by atoms with Gasteiger partial charge in [-0.25, -0.2) is 4.79 Å². The SMILES string of the molecule is O=C(NCC1CN(c2ccc(N3CCOCC3=O)c(Nc3ccccc3)c2)C(=O)O1)c1ccc(Cl)s1. The van der Waals surface area contributed by atoms with Crippen molar-refractivity contribution in [1.29, 1.82) is 0 Å². The number of hydrogen-bond acceptors (Lipinski definition) is 7. The van der Waals surface area contributed by atoms with Crippen LogP contribution in [-0.4, -0.2) is 56.9 Å². The molecule has 11 heteroatoms. The van der Waals surface area contributed by atoms with E-state index in [4.69, 9.17) is 21.1 Å². The van der Waals surface area contributed by atoms with Crippen LogP contribution in [0.3, 0.4) is 0 Å². The van der Waals surface area contributed by atoms with Gasteiger partial charge in [0.15, 0.2) is 0 Å². The Bertz CT molecular complexity index is 1280. The van der Waals surface area contributed by atoms with Crippen molar-refractivity contribution in [3.05, 3.63) is 69.9 Å². The van der Waals surface area contributed by atoms with E-state index in [0.29, 0.717) is 39.4 Å². The second-order valence-corrected chi connectivity index (χ2v) is 9.94. The third kappa shape index (κ3) is 5.30. The fourth-order valence-electron chi connectivity index (χ4n) is 4.05. The molecule has 0 radical (unpaired) electrons. The number of hydrogen-bond donors (Lipinski definition) is 2. The highest BCUT2D eigenvalue weighted by molar-refractivity contribution is 7.18. The van der Waals surface area contributed by atoms with E-state index in [2.05, 4.69) is 10.6 Å². The lowest BCUT2D eigenvalue weighted by Crippen LogP contribution is -2.42. The number of nitrogens with one attached hydrogen (secondary N) is 2. The predicted molar refractivity (Wildman–Crippen MR) is 139 cm³/mol. The van der Waals surface area contributed by atoms with Gasteiger partial charge in [0, 0.05) is 17.9 Å². The van der Waals surface area contributed by atoms with Crippen LogP contribution in [-0.2, 0) is 14.3 Å². The van der Waals surface area contributed by atoms with Gasteiger partial charge in [-0.3, -0.25) is 14.5 Å². The van der Waals surface area contributed by atoms with Crippen LogP contribution in [0.5, 0.6) is 0 Å². The smallest absolute Gasteiger partial charge is 0.414 e. The molecule has 5 rings (SSSR count). The molecule has 1 unspecified atom stereocenters. The average Bonchev–Trinajstić information content (AvgIpc) is 3.49. The molecule has 0 bridgehead atoms. The maximum Gasteiger partial charge on any atom is 0.414 e. The summed E-state index contributed by atoms with van der Waals surface area (Å²) < 4.78 is 11.3. The van der Waals surface area contributed by atoms with E-state index in [1.807, 2.05) is 42.5 Å². The number of morpholine rings is 1. The number of ether oxygens (including phenoxy) is 2. The van der Waals surface area contributed by atoms with Gasteiger partial charge in [-0.1, -0.05) is 29.8 Å². The fraction of sp³-hybridized carbons (Fsp3) is 0.240. The number of amides is 3. The van der Waals surface area contributed by atoms with Gasteiger partial charge >= 0.3 is 6.09 Å². The highest BCUT2D eigenvalue weighted by Gasteiger charge is 2.33. The number of carbonyl (C=O) groups is 3. The minimum atomic E-state index is -0.511. The number of rotatable bonds is 7. The van der Waals surface area contributed by atoms with Crippen molar-refractivity contribution < 1.29 is 23.9 Å². The Labute approximate surface area is 216 Å². The van der Waals surface area contributed by atoms with Crippen LogP contribution in [0.4, 0.5) is 27.5 Å². The van der Waals surface area contributed by atoms with Crippen LogP contribution in [0.15, 0.2) is 60.7 Å². The zero-order chi connectivity index (χ0) is 25.1. The molecule has 2 aliphatic rings. The van der Waals surface area contributed by atoms with Crippen LogP contribution in [0.1, 0.15) is 9.67 Å². The Hall–Kier alpha value is -3.60. The fourth-order valence-corrected chi connectivity index (χ4v) is 5.01. The first kappa shape index (κ1) is 24.1. The molecule has 0 saturated carbocycles. The maximum atomic E-state index is 12.7. The van der Waals surface area contributed by atoms with E-state index in [9.17, 15) is 14.4 Å². The van der Waals surface area contributed by atoms with Gasteiger partial charge in [-0.2, -0.15) is 0 Å². The Balaban J connectivity index is 1.33. The third-order valence-electron chi connectivity index (χ3n) is 5.78. The zero-order valence-corrected chi connectivity index (χ0v) is 20.7. The number of benzene rings is 2. The van der Waals surface area contributed by atoms with Gasteiger partial charge in [0.2, 0.25) is 0 Å². The molecule has 2 N–H and O–H groups in total. The molecule has 1 aromatic heterocycles. The Morgan fingerprint density at radius 1 is 1.08 bits per heavy atom. The molecule has 186 valence electrons. The summed E-state index contributed by atoms with van der Waals surface area (Å²) in [5.41, 5.74) is 2.83. The van der Waals surface area contributed by atoms with Gasteiger partial charge < -0.3 is 25.0 Å². The molecular weight excluding hydrogens is 504 g/mol. The second kappa shape index (κ2) is 10.6. The van der Waals surface area contributed by atoms with Crippen LogP contribution in [0.25, 0.3) is 0 Å². The van der Waals surface area contributed by atoms with E-state index in [-0.39, 0.29) is 31.5 Å². The molecular formula is C25H23ClN4O5S. The Morgan fingerprint density at radius 2 is 1.92 bits per heavy atom. The number of cyclic esters (lactones) is 1. The lowest BCUT2D eigenvalue weighted by molar-refractivity contribution is -0.125. The highest BCUT2D eigenvalue weighted by atomic mass is 35.5. The number of thiophene rings is 1. The number of halogens is 1. The molecule has 0 spiro atoms. The summed E-state index contributed by atoms with van der Waals surface area (Å²) in [7, 11) is 0. The molecule has 3 aromatic rings. The van der Waals surface area contributed by atoms with Crippen molar-refractivity contribution in [3.63, 3.8) is 0 Å². The summed E-state index contributed by atoms with van der Waals surface area (Å²) in [6.07, 6.45) is -1.02. The molecule has 3 heterocycles. The van der Waals surface area contributed by atoms with Gasteiger partial charge in [0.05, 0.1) is 40.3 Å². The molecule has 2 aromatic carbocycles. The van der Waals surface area contributed by atoms with Crippen molar-refractivity contribution in [2.75, 3.05) is 48.0 Å². The summed E-state index contributed by atoms with van der Waals surface area (Å²) in [6, 6.07) is 18.3. The summed E-state index contributed by atoms with van der Waals surface area (Å²) in [4.78, 5) is 41.2. The lowest BCUT2D eigenvalue weighted by atomic mass is 10.1. The summed E-state index contributed by atoms with van der Waals surface area (Å²) in [5.74, 6) is -0.399. The van der Waals surface area contributed by atoms with Crippen LogP contribution in [0.2, 0.25) is 4.34 Å². The van der Waals surface area contributed by atoms with Crippen molar-refractivity contribution >= 4 is 63.6 Å². The molecule has 2 fully saturated rings. The first-order valence-electron chi connectivity index (χ1n) is 11.3. The summed E-state index contributed by atoms with van der Waals surface area (Å²) in [6.45, 7) is 1.35. The molecule has 3 amide bonds. The van der Waals surface area contributed by atoms with Gasteiger partial charge in [-0.05, 0) is 42.5 Å². The van der Waals surface area contributed by atoms with Crippen molar-refractivity contribution in [2.45, 2.75) is 6.10 Å². The molecule has 0 aliphatic carbocycles. The van der Waals surface area contributed by atoms with Gasteiger partial charge in [0.25, 0.3) is 11.8 Å². The molecule has 2 saturated heterocycles. The van der Waals surface area contributed by atoms with Crippen LogP contribution >= 0.6 is 22.9 Å². The quantitative estimate of drug-likeness (QED) is 0.477. The van der Waals surface area contributed by atoms with Crippen LogP contribution in [0, 0.1) is 0 Å². The largest absolute Gasteiger partial charge is 0.442 e. The van der Waals surface area contributed by atoms with E-state index in [1.54, 1.807) is 23.1 Å². The predicted octanol–water partition coefficient (Wildman–Crippen LogP) is 4.26. The molecule has 36 heavy (non-hydrogen) atoms. The Kier molecular flexibility index (Phi) is 7.08. The van der Waals surface area contributed by atoms with Gasteiger partial charge in [0.1, 0.15) is 12.7 Å². The summed E-state index contributed by atoms with van der Waals surface area (Å²) in [5, 5.41) is 6.15. The number of anilines is 4.